The van der Waals surface area contributed by atoms with Crippen LogP contribution < -0.4 is 10.6 Å². The van der Waals surface area contributed by atoms with E-state index in [1.807, 2.05) is 5.38 Å². The van der Waals surface area contributed by atoms with Gasteiger partial charge >= 0.3 is 0 Å². The monoisotopic (exact) mass is 249 g/mol. The number of carbonyl (C=O) groups is 1. The highest BCUT2D eigenvalue weighted by Crippen LogP contribution is 2.13. The van der Waals surface area contributed by atoms with Gasteiger partial charge in [0.2, 0.25) is 0 Å². The first-order valence-electron chi connectivity index (χ1n) is 4.96. The van der Waals surface area contributed by atoms with Crippen LogP contribution in [0.25, 0.3) is 0 Å². The van der Waals surface area contributed by atoms with Gasteiger partial charge in [0.05, 0.1) is 18.4 Å². The predicted molar refractivity (Wildman–Crippen MR) is 64.9 cm³/mol. The molecule has 0 spiro atoms. The second-order valence-corrected chi connectivity index (χ2v) is 4.03. The summed E-state index contributed by atoms with van der Waals surface area (Å²) in [6.07, 6.45) is 4.43. The quantitative estimate of drug-likeness (QED) is 0.841. The summed E-state index contributed by atoms with van der Waals surface area (Å²) < 4.78 is 0. The molecule has 0 saturated heterocycles. The Morgan fingerprint density at radius 2 is 2.35 bits per heavy atom. The van der Waals surface area contributed by atoms with Crippen molar-refractivity contribution >= 4 is 22.4 Å². The smallest absolute Gasteiger partial charge is 0.271 e. The average molecular weight is 249 g/mol. The summed E-state index contributed by atoms with van der Waals surface area (Å²) in [4.78, 5) is 23.6. The van der Waals surface area contributed by atoms with Crippen LogP contribution in [0.15, 0.2) is 24.0 Å². The molecule has 88 valence electrons. The number of hydrogen-bond acceptors (Lipinski definition) is 6. The maximum atomic E-state index is 11.6. The molecule has 2 heterocycles. The SMILES string of the molecule is CNc1nc(CNC(=O)c2cnccn2)cs1. The van der Waals surface area contributed by atoms with Crippen molar-refractivity contribution in [3.05, 3.63) is 35.4 Å². The highest BCUT2D eigenvalue weighted by Gasteiger charge is 2.07. The third-order valence-corrected chi connectivity index (χ3v) is 2.90. The molecule has 2 aromatic heterocycles. The summed E-state index contributed by atoms with van der Waals surface area (Å²) in [6.45, 7) is 0.383. The van der Waals surface area contributed by atoms with Crippen LogP contribution in [0.3, 0.4) is 0 Å². The third kappa shape index (κ3) is 2.97. The molecule has 0 aliphatic heterocycles. The molecule has 0 aliphatic rings. The van der Waals surface area contributed by atoms with Gasteiger partial charge in [-0.1, -0.05) is 0 Å². The van der Waals surface area contributed by atoms with Crippen molar-refractivity contribution in [1.29, 1.82) is 0 Å². The molecule has 2 N–H and O–H groups in total. The van der Waals surface area contributed by atoms with Crippen molar-refractivity contribution in [1.82, 2.24) is 20.3 Å². The lowest BCUT2D eigenvalue weighted by molar-refractivity contribution is 0.0945. The molecular formula is C10H11N5OS. The number of carbonyl (C=O) groups excluding carboxylic acids is 1. The molecule has 0 radical (unpaired) electrons. The van der Waals surface area contributed by atoms with Gasteiger partial charge < -0.3 is 10.6 Å². The molecule has 2 aromatic rings. The lowest BCUT2D eigenvalue weighted by Gasteiger charge is -2.01. The van der Waals surface area contributed by atoms with E-state index in [9.17, 15) is 4.79 Å². The van der Waals surface area contributed by atoms with Crippen molar-refractivity contribution in [2.24, 2.45) is 0 Å². The summed E-state index contributed by atoms with van der Waals surface area (Å²) in [6, 6.07) is 0. The summed E-state index contributed by atoms with van der Waals surface area (Å²) in [7, 11) is 1.81. The van der Waals surface area contributed by atoms with Crippen LogP contribution in [0.2, 0.25) is 0 Å². The zero-order valence-corrected chi connectivity index (χ0v) is 9.99. The Balaban J connectivity index is 1.92. The molecule has 7 heteroatoms. The van der Waals surface area contributed by atoms with Gasteiger partial charge in [-0.3, -0.25) is 9.78 Å². The lowest BCUT2D eigenvalue weighted by atomic mass is 10.4. The minimum Gasteiger partial charge on any atom is -0.365 e. The first-order valence-corrected chi connectivity index (χ1v) is 5.84. The summed E-state index contributed by atoms with van der Waals surface area (Å²) >= 11 is 1.50. The molecule has 0 unspecified atom stereocenters. The maximum absolute atomic E-state index is 11.6. The van der Waals surface area contributed by atoms with Gasteiger partial charge in [0.1, 0.15) is 5.69 Å². The van der Waals surface area contributed by atoms with E-state index >= 15 is 0 Å². The Morgan fingerprint density at radius 1 is 1.47 bits per heavy atom. The summed E-state index contributed by atoms with van der Waals surface area (Å²) in [5.41, 5.74) is 1.12. The van der Waals surface area contributed by atoms with E-state index in [1.54, 1.807) is 7.05 Å². The van der Waals surface area contributed by atoms with E-state index in [-0.39, 0.29) is 5.91 Å². The van der Waals surface area contributed by atoms with Crippen LogP contribution in [0.4, 0.5) is 5.13 Å². The van der Waals surface area contributed by atoms with Crippen LogP contribution in [-0.4, -0.2) is 27.9 Å². The Labute approximate surface area is 102 Å². The van der Waals surface area contributed by atoms with Gasteiger partial charge in [-0.2, -0.15) is 0 Å². The molecule has 0 aromatic carbocycles. The predicted octanol–water partition coefficient (Wildman–Crippen LogP) is 0.905. The minimum atomic E-state index is -0.253. The van der Waals surface area contributed by atoms with Crippen molar-refractivity contribution < 1.29 is 4.79 Å². The topological polar surface area (TPSA) is 79.8 Å². The third-order valence-electron chi connectivity index (χ3n) is 1.99. The fourth-order valence-electron chi connectivity index (χ4n) is 1.18. The Kier molecular flexibility index (Phi) is 3.61. The van der Waals surface area contributed by atoms with Crippen LogP contribution in [0.5, 0.6) is 0 Å². The van der Waals surface area contributed by atoms with E-state index in [0.717, 1.165) is 10.8 Å². The van der Waals surface area contributed by atoms with E-state index in [2.05, 4.69) is 25.6 Å². The molecule has 0 saturated carbocycles. The molecule has 6 nitrogen and oxygen atoms in total. The molecule has 0 atom stereocenters. The van der Waals surface area contributed by atoms with Gasteiger partial charge in [0.25, 0.3) is 5.91 Å². The van der Waals surface area contributed by atoms with Crippen LogP contribution in [-0.2, 0) is 6.54 Å². The average Bonchev–Trinajstić information content (AvgIpc) is 2.85. The van der Waals surface area contributed by atoms with Crippen LogP contribution in [0, 0.1) is 0 Å². The van der Waals surface area contributed by atoms with Gasteiger partial charge in [0, 0.05) is 24.8 Å². The van der Waals surface area contributed by atoms with Gasteiger partial charge in [-0.25, -0.2) is 9.97 Å². The second kappa shape index (κ2) is 5.35. The van der Waals surface area contributed by atoms with Crippen LogP contribution in [0.1, 0.15) is 16.2 Å². The van der Waals surface area contributed by atoms with E-state index in [0.29, 0.717) is 12.2 Å². The molecule has 0 fully saturated rings. The Morgan fingerprint density at radius 3 is 3.00 bits per heavy atom. The molecule has 0 bridgehead atoms. The number of anilines is 1. The number of aromatic nitrogens is 3. The number of nitrogens with one attached hydrogen (secondary N) is 2. The standard InChI is InChI=1S/C10H11N5OS/c1-11-10-15-7(6-17-10)4-14-9(16)8-5-12-2-3-13-8/h2-3,5-6H,4H2,1H3,(H,11,15)(H,14,16). The normalized spacial score (nSPS) is 9.94. The van der Waals surface area contributed by atoms with E-state index in [1.165, 1.54) is 29.9 Å². The Bertz CT molecular complexity index is 498. The zero-order chi connectivity index (χ0) is 12.1. The van der Waals surface area contributed by atoms with Gasteiger partial charge in [0.15, 0.2) is 5.13 Å². The number of nitrogens with zero attached hydrogens (tertiary/aromatic N) is 3. The fraction of sp³-hybridized carbons (Fsp3) is 0.200. The van der Waals surface area contributed by atoms with Gasteiger partial charge in [-0.15, -0.1) is 11.3 Å². The number of thiazole rings is 1. The molecule has 1 amide bonds. The summed E-state index contributed by atoms with van der Waals surface area (Å²) in [5.74, 6) is -0.253. The minimum absolute atomic E-state index is 0.253. The number of rotatable bonds is 4. The molecule has 2 rings (SSSR count). The number of hydrogen-bond donors (Lipinski definition) is 2. The van der Waals surface area contributed by atoms with Crippen molar-refractivity contribution in [2.45, 2.75) is 6.54 Å². The van der Waals surface area contributed by atoms with E-state index in [4.69, 9.17) is 0 Å². The van der Waals surface area contributed by atoms with Crippen molar-refractivity contribution in [3.63, 3.8) is 0 Å². The summed E-state index contributed by atoms with van der Waals surface area (Å²) in [5, 5.41) is 8.39. The first kappa shape index (κ1) is 11.5. The molecule has 17 heavy (non-hydrogen) atoms. The van der Waals surface area contributed by atoms with E-state index < -0.39 is 0 Å². The fourth-order valence-corrected chi connectivity index (χ4v) is 1.85. The molecule has 0 aliphatic carbocycles. The second-order valence-electron chi connectivity index (χ2n) is 3.17. The zero-order valence-electron chi connectivity index (χ0n) is 9.17. The Hall–Kier alpha value is -2.02. The highest BCUT2D eigenvalue weighted by molar-refractivity contribution is 7.13. The van der Waals surface area contributed by atoms with Crippen molar-refractivity contribution in [3.8, 4) is 0 Å². The first-order chi connectivity index (χ1) is 8.29. The highest BCUT2D eigenvalue weighted by atomic mass is 32.1. The maximum Gasteiger partial charge on any atom is 0.271 e. The molecular weight excluding hydrogens is 238 g/mol. The number of amides is 1. The largest absolute Gasteiger partial charge is 0.365 e. The lowest BCUT2D eigenvalue weighted by Crippen LogP contribution is -2.24. The van der Waals surface area contributed by atoms with Crippen molar-refractivity contribution in [2.75, 3.05) is 12.4 Å². The van der Waals surface area contributed by atoms with Crippen LogP contribution >= 0.6 is 11.3 Å². The van der Waals surface area contributed by atoms with Gasteiger partial charge in [-0.05, 0) is 0 Å².